The standard InChI is InChI=1S/C21H21ClN4O2S/c1-27-10-21(28-2)4-3-14-17(7-21)29-20-18(14)19(24-11-25-20)26-16-6-13-9-23-8-12(13)5-15(16)22/h5-6,9,11H,3-4,7-8,10H2,1-2H3,(H,24,25,26). The van der Waals surface area contributed by atoms with Crippen LogP contribution in [-0.4, -0.2) is 42.6 Å². The minimum atomic E-state index is -0.272. The highest BCUT2D eigenvalue weighted by Gasteiger charge is 2.37. The van der Waals surface area contributed by atoms with Crippen LogP contribution in [0.2, 0.25) is 5.02 Å². The van der Waals surface area contributed by atoms with Gasteiger partial charge in [-0.3, -0.25) is 4.99 Å². The molecule has 2 aliphatic rings. The number of rotatable bonds is 5. The van der Waals surface area contributed by atoms with E-state index in [-0.39, 0.29) is 5.60 Å². The third kappa shape index (κ3) is 3.22. The number of hydrogen-bond acceptors (Lipinski definition) is 7. The molecule has 0 saturated heterocycles. The van der Waals surface area contributed by atoms with Crippen molar-refractivity contribution in [2.24, 2.45) is 4.99 Å². The first kappa shape index (κ1) is 18.9. The molecule has 0 spiro atoms. The fraction of sp³-hybridized carbons (Fsp3) is 0.381. The van der Waals surface area contributed by atoms with Crippen molar-refractivity contribution in [3.8, 4) is 0 Å². The van der Waals surface area contributed by atoms with Gasteiger partial charge in [0.1, 0.15) is 17.0 Å². The highest BCUT2D eigenvalue weighted by molar-refractivity contribution is 7.19. The molecule has 0 fully saturated rings. The Morgan fingerprint density at radius 2 is 2.17 bits per heavy atom. The van der Waals surface area contributed by atoms with Crippen molar-refractivity contribution in [1.29, 1.82) is 0 Å². The van der Waals surface area contributed by atoms with Crippen molar-refractivity contribution >= 4 is 50.9 Å². The van der Waals surface area contributed by atoms with E-state index in [1.807, 2.05) is 18.3 Å². The average molecular weight is 429 g/mol. The molecule has 1 N–H and O–H groups in total. The number of hydrogen-bond donors (Lipinski definition) is 1. The topological polar surface area (TPSA) is 68.6 Å². The maximum atomic E-state index is 6.53. The van der Waals surface area contributed by atoms with Gasteiger partial charge in [-0.2, -0.15) is 0 Å². The molecular weight excluding hydrogens is 408 g/mol. The number of anilines is 2. The molecule has 1 aliphatic heterocycles. The quantitative estimate of drug-likeness (QED) is 0.646. The van der Waals surface area contributed by atoms with Gasteiger partial charge in [0.25, 0.3) is 0 Å². The number of nitrogens with one attached hydrogen (secondary N) is 1. The van der Waals surface area contributed by atoms with E-state index in [0.717, 1.165) is 52.1 Å². The molecule has 1 aromatic carbocycles. The summed E-state index contributed by atoms with van der Waals surface area (Å²) in [6.45, 7) is 1.27. The van der Waals surface area contributed by atoms with Gasteiger partial charge < -0.3 is 14.8 Å². The fourth-order valence-corrected chi connectivity index (χ4v) is 5.80. The average Bonchev–Trinajstić information content (AvgIpc) is 3.32. The normalized spacial score (nSPS) is 20.1. The van der Waals surface area contributed by atoms with Crippen molar-refractivity contribution in [2.75, 3.05) is 26.1 Å². The van der Waals surface area contributed by atoms with Gasteiger partial charge in [0.15, 0.2) is 0 Å². The third-order valence-corrected chi connectivity index (χ3v) is 7.25. The van der Waals surface area contributed by atoms with Crippen molar-refractivity contribution in [2.45, 2.75) is 31.4 Å². The maximum absolute atomic E-state index is 6.53. The lowest BCUT2D eigenvalue weighted by Crippen LogP contribution is -2.41. The molecule has 6 nitrogen and oxygen atoms in total. The predicted octanol–water partition coefficient (Wildman–Crippen LogP) is 4.54. The Bertz CT molecular complexity index is 1130. The van der Waals surface area contributed by atoms with E-state index in [1.165, 1.54) is 10.4 Å². The first-order valence-corrected chi connectivity index (χ1v) is 10.7. The molecule has 150 valence electrons. The number of benzene rings is 1. The monoisotopic (exact) mass is 428 g/mol. The molecule has 3 heterocycles. The number of fused-ring (bicyclic) bond motifs is 4. The summed E-state index contributed by atoms with van der Waals surface area (Å²) in [5.41, 5.74) is 4.11. The predicted molar refractivity (Wildman–Crippen MR) is 117 cm³/mol. The van der Waals surface area contributed by atoms with E-state index < -0.39 is 0 Å². The Morgan fingerprint density at radius 1 is 1.28 bits per heavy atom. The number of aryl methyl sites for hydroxylation is 1. The van der Waals surface area contributed by atoms with Crippen molar-refractivity contribution in [1.82, 2.24) is 9.97 Å². The van der Waals surface area contributed by atoms with Crippen LogP contribution in [0.1, 0.15) is 28.0 Å². The van der Waals surface area contributed by atoms with E-state index >= 15 is 0 Å². The molecule has 0 radical (unpaired) electrons. The van der Waals surface area contributed by atoms with Crippen LogP contribution >= 0.6 is 22.9 Å². The van der Waals surface area contributed by atoms with Crippen LogP contribution in [0.25, 0.3) is 10.2 Å². The zero-order chi connectivity index (χ0) is 20.0. The van der Waals surface area contributed by atoms with Gasteiger partial charge in [-0.1, -0.05) is 11.6 Å². The van der Waals surface area contributed by atoms with E-state index in [4.69, 9.17) is 21.1 Å². The van der Waals surface area contributed by atoms with Gasteiger partial charge in [-0.15, -0.1) is 11.3 Å². The summed E-state index contributed by atoms with van der Waals surface area (Å²) in [5.74, 6) is 0.793. The number of nitrogens with zero attached hydrogens (tertiary/aromatic N) is 3. The fourth-order valence-electron chi connectivity index (χ4n) is 4.25. The number of methoxy groups -OCH3 is 2. The summed E-state index contributed by atoms with van der Waals surface area (Å²) in [6.07, 6.45) is 6.12. The Labute approximate surface area is 177 Å². The highest BCUT2D eigenvalue weighted by atomic mass is 35.5. The summed E-state index contributed by atoms with van der Waals surface area (Å²) >= 11 is 8.24. The van der Waals surface area contributed by atoms with E-state index in [9.17, 15) is 0 Å². The van der Waals surface area contributed by atoms with Gasteiger partial charge in [-0.25, -0.2) is 9.97 Å². The van der Waals surface area contributed by atoms with Crippen LogP contribution < -0.4 is 5.32 Å². The molecule has 1 atom stereocenters. The second-order valence-corrected chi connectivity index (χ2v) is 9.02. The molecule has 8 heteroatoms. The summed E-state index contributed by atoms with van der Waals surface area (Å²) in [7, 11) is 3.49. The Hall–Kier alpha value is -2.06. The van der Waals surface area contributed by atoms with Gasteiger partial charge in [0, 0.05) is 31.7 Å². The number of aromatic nitrogens is 2. The van der Waals surface area contributed by atoms with Crippen LogP contribution in [0.5, 0.6) is 0 Å². The Balaban J connectivity index is 1.55. The van der Waals surface area contributed by atoms with E-state index in [1.54, 1.807) is 31.9 Å². The lowest BCUT2D eigenvalue weighted by Gasteiger charge is -2.35. The zero-order valence-corrected chi connectivity index (χ0v) is 17.9. The minimum absolute atomic E-state index is 0.272. The number of aliphatic imine (C=N–C) groups is 1. The summed E-state index contributed by atoms with van der Waals surface area (Å²) < 4.78 is 11.3. The van der Waals surface area contributed by atoms with Crippen molar-refractivity contribution in [3.63, 3.8) is 0 Å². The van der Waals surface area contributed by atoms with E-state index in [0.29, 0.717) is 18.2 Å². The molecule has 0 saturated carbocycles. The van der Waals surface area contributed by atoms with Crippen LogP contribution in [0.4, 0.5) is 11.5 Å². The number of halogens is 1. The first-order chi connectivity index (χ1) is 14.1. The Morgan fingerprint density at radius 3 is 3.00 bits per heavy atom. The molecule has 0 bridgehead atoms. The van der Waals surface area contributed by atoms with Crippen LogP contribution in [-0.2, 0) is 28.9 Å². The summed E-state index contributed by atoms with van der Waals surface area (Å²) in [6, 6.07) is 4.01. The van der Waals surface area contributed by atoms with Gasteiger partial charge in [0.2, 0.25) is 0 Å². The smallest absolute Gasteiger partial charge is 0.142 e. The lowest BCUT2D eigenvalue weighted by atomic mass is 9.84. The molecule has 3 aromatic rings. The van der Waals surface area contributed by atoms with Crippen LogP contribution in [0, 0.1) is 0 Å². The third-order valence-electron chi connectivity index (χ3n) is 5.80. The first-order valence-electron chi connectivity index (χ1n) is 9.51. The molecule has 0 amide bonds. The Kier molecular flexibility index (Phi) is 4.78. The summed E-state index contributed by atoms with van der Waals surface area (Å²) in [5, 5.41) is 5.20. The van der Waals surface area contributed by atoms with Gasteiger partial charge in [-0.05, 0) is 41.7 Å². The number of ether oxygens (including phenoxy) is 2. The SMILES string of the molecule is COCC1(OC)CCc2c(sc3ncnc(Nc4cc5c(cc4Cl)CN=C5)c23)C1. The van der Waals surface area contributed by atoms with Crippen LogP contribution in [0.3, 0.4) is 0 Å². The maximum Gasteiger partial charge on any atom is 0.142 e. The molecule has 29 heavy (non-hydrogen) atoms. The second-order valence-electron chi connectivity index (χ2n) is 7.53. The molecule has 2 aromatic heterocycles. The largest absolute Gasteiger partial charge is 0.382 e. The molecular formula is C21H21ClN4O2S. The molecule has 5 rings (SSSR count). The van der Waals surface area contributed by atoms with E-state index in [2.05, 4.69) is 20.3 Å². The second kappa shape index (κ2) is 7.32. The van der Waals surface area contributed by atoms with Gasteiger partial charge >= 0.3 is 0 Å². The molecule has 1 aliphatic carbocycles. The highest BCUT2D eigenvalue weighted by Crippen LogP contribution is 2.43. The van der Waals surface area contributed by atoms with Crippen molar-refractivity contribution in [3.05, 3.63) is 45.1 Å². The van der Waals surface area contributed by atoms with Gasteiger partial charge in [0.05, 0.1) is 34.8 Å². The number of thiophene rings is 1. The summed E-state index contributed by atoms with van der Waals surface area (Å²) in [4.78, 5) is 15.7. The molecule has 1 unspecified atom stereocenters. The zero-order valence-electron chi connectivity index (χ0n) is 16.3. The minimum Gasteiger partial charge on any atom is -0.382 e. The van der Waals surface area contributed by atoms with Crippen molar-refractivity contribution < 1.29 is 9.47 Å². The van der Waals surface area contributed by atoms with Crippen LogP contribution in [0.15, 0.2) is 23.5 Å². The lowest BCUT2D eigenvalue weighted by molar-refractivity contribution is -0.0714.